The van der Waals surface area contributed by atoms with E-state index in [9.17, 15) is 14.4 Å². The maximum Gasteiger partial charge on any atom is 0.328 e. The Labute approximate surface area is 120 Å². The summed E-state index contributed by atoms with van der Waals surface area (Å²) in [6, 6.07) is -0.495. The summed E-state index contributed by atoms with van der Waals surface area (Å²) in [6.07, 6.45) is 2.71. The lowest BCUT2D eigenvalue weighted by Crippen LogP contribution is -2.40. The van der Waals surface area contributed by atoms with Crippen LogP contribution in [-0.2, 0) is 23.9 Å². The first-order valence-electron chi connectivity index (χ1n) is 6.98. The predicted molar refractivity (Wildman–Crippen MR) is 74.0 cm³/mol. The van der Waals surface area contributed by atoms with Gasteiger partial charge in [0.1, 0.15) is 12.6 Å². The van der Waals surface area contributed by atoms with Crippen LogP contribution in [0.25, 0.3) is 0 Å². The highest BCUT2D eigenvalue weighted by atomic mass is 16.5. The number of methoxy groups -OCH3 is 1. The Morgan fingerprint density at radius 1 is 1.25 bits per heavy atom. The fraction of sp³-hybridized carbons (Fsp3) is 0.786. The number of hydrogen-bond acceptors (Lipinski definition) is 5. The summed E-state index contributed by atoms with van der Waals surface area (Å²) < 4.78 is 9.37. The summed E-state index contributed by atoms with van der Waals surface area (Å²) in [5.41, 5.74) is 0. The van der Waals surface area contributed by atoms with E-state index in [-0.39, 0.29) is 18.9 Å². The Morgan fingerprint density at radius 2 is 1.85 bits per heavy atom. The molecule has 0 spiro atoms. The van der Waals surface area contributed by atoms with E-state index in [2.05, 4.69) is 18.6 Å². The van der Waals surface area contributed by atoms with Gasteiger partial charge in [0.25, 0.3) is 0 Å². The van der Waals surface area contributed by atoms with Gasteiger partial charge in [-0.2, -0.15) is 0 Å². The molecule has 116 valence electrons. The topological polar surface area (TPSA) is 72.9 Å². The molecule has 20 heavy (non-hydrogen) atoms. The lowest BCUT2D eigenvalue weighted by Gasteiger charge is -2.21. The first-order valence-corrected chi connectivity index (χ1v) is 6.98. The molecule has 0 aromatic carbocycles. The van der Waals surface area contributed by atoms with E-state index < -0.39 is 18.0 Å². The number of esters is 2. The van der Waals surface area contributed by atoms with Crippen molar-refractivity contribution in [3.05, 3.63) is 0 Å². The molecular weight excluding hydrogens is 262 g/mol. The maximum absolute atomic E-state index is 11.7. The van der Waals surface area contributed by atoms with Crippen LogP contribution >= 0.6 is 0 Å². The number of ether oxygens (including phenoxy) is 2. The van der Waals surface area contributed by atoms with Crippen LogP contribution in [0.2, 0.25) is 0 Å². The van der Waals surface area contributed by atoms with Gasteiger partial charge in [0.15, 0.2) is 0 Å². The molecule has 1 rings (SSSR count). The zero-order valence-corrected chi connectivity index (χ0v) is 12.8. The van der Waals surface area contributed by atoms with Crippen LogP contribution in [0.4, 0.5) is 0 Å². The first-order chi connectivity index (χ1) is 9.47. The highest BCUT2D eigenvalue weighted by molar-refractivity contribution is 5.84. The molecule has 0 saturated carbocycles. The minimum atomic E-state index is -0.495. The predicted octanol–water partition coefficient (Wildman–Crippen LogP) is 1.52. The normalized spacial score (nSPS) is 17.0. The molecule has 1 amide bonds. The second-order valence-corrected chi connectivity index (χ2v) is 4.57. The third-order valence-corrected chi connectivity index (χ3v) is 2.71. The maximum atomic E-state index is 11.7. The summed E-state index contributed by atoms with van der Waals surface area (Å²) in [5.74, 6) is -0.994. The molecular formula is C14H25NO5. The van der Waals surface area contributed by atoms with Gasteiger partial charge >= 0.3 is 11.9 Å². The van der Waals surface area contributed by atoms with Crippen LogP contribution in [0.1, 0.15) is 46.5 Å². The molecule has 1 unspecified atom stereocenters. The molecule has 0 bridgehead atoms. The van der Waals surface area contributed by atoms with Crippen molar-refractivity contribution >= 4 is 17.8 Å². The van der Waals surface area contributed by atoms with Gasteiger partial charge in [-0.15, -0.1) is 0 Å². The quantitative estimate of drug-likeness (QED) is 0.733. The van der Waals surface area contributed by atoms with Gasteiger partial charge in [-0.25, -0.2) is 4.79 Å². The van der Waals surface area contributed by atoms with Gasteiger partial charge in [0.05, 0.1) is 13.5 Å². The van der Waals surface area contributed by atoms with Crippen molar-refractivity contribution in [3.63, 3.8) is 0 Å². The lowest BCUT2D eigenvalue weighted by molar-refractivity contribution is -0.154. The molecule has 1 aliphatic rings. The molecule has 0 aliphatic carbocycles. The zero-order chi connectivity index (χ0) is 15.5. The minimum Gasteiger partial charge on any atom is -0.469 e. The van der Waals surface area contributed by atoms with Gasteiger partial charge < -0.3 is 14.4 Å². The number of likely N-dealkylation sites (tertiary alicyclic amines) is 1. The largest absolute Gasteiger partial charge is 0.469 e. The Kier molecular flexibility index (Phi) is 9.41. The molecule has 1 fully saturated rings. The van der Waals surface area contributed by atoms with E-state index in [1.165, 1.54) is 25.4 Å². The van der Waals surface area contributed by atoms with Crippen molar-refractivity contribution in [2.45, 2.75) is 52.5 Å². The third kappa shape index (κ3) is 6.54. The van der Waals surface area contributed by atoms with Crippen molar-refractivity contribution < 1.29 is 23.9 Å². The zero-order valence-electron chi connectivity index (χ0n) is 12.8. The smallest absolute Gasteiger partial charge is 0.328 e. The van der Waals surface area contributed by atoms with E-state index in [0.29, 0.717) is 13.0 Å². The number of carbonyl (C=O) groups excluding carboxylic acids is 3. The van der Waals surface area contributed by atoms with Crippen molar-refractivity contribution in [1.29, 1.82) is 0 Å². The van der Waals surface area contributed by atoms with Crippen LogP contribution in [0.5, 0.6) is 0 Å². The first kappa shape index (κ1) is 18.4. The minimum absolute atomic E-state index is 0.00620. The molecule has 1 aliphatic heterocycles. The van der Waals surface area contributed by atoms with Crippen LogP contribution in [-0.4, -0.2) is 49.0 Å². The van der Waals surface area contributed by atoms with Crippen molar-refractivity contribution in [2.75, 3.05) is 20.3 Å². The highest BCUT2D eigenvalue weighted by Crippen LogP contribution is 2.18. The highest BCUT2D eigenvalue weighted by Gasteiger charge is 2.33. The summed E-state index contributed by atoms with van der Waals surface area (Å²) in [4.78, 5) is 35.2. The second-order valence-electron chi connectivity index (χ2n) is 4.57. The van der Waals surface area contributed by atoms with Gasteiger partial charge in [0, 0.05) is 13.5 Å². The van der Waals surface area contributed by atoms with Gasteiger partial charge in [-0.3, -0.25) is 9.59 Å². The Morgan fingerprint density at radius 3 is 2.35 bits per heavy atom. The SMILES string of the molecule is CCC.COC(=O)CCOC(=O)C1CCCN1C(C)=O. The monoisotopic (exact) mass is 287 g/mol. The molecule has 1 saturated heterocycles. The Balaban J connectivity index is 0.00000110. The fourth-order valence-corrected chi connectivity index (χ4v) is 1.82. The molecule has 6 nitrogen and oxygen atoms in total. The Hall–Kier alpha value is -1.59. The molecule has 6 heteroatoms. The second kappa shape index (κ2) is 10.2. The molecule has 1 atom stereocenters. The summed E-state index contributed by atoms with van der Waals surface area (Å²) in [6.45, 7) is 6.26. The number of hydrogen-bond donors (Lipinski definition) is 0. The summed E-state index contributed by atoms with van der Waals surface area (Å²) in [7, 11) is 1.28. The average Bonchev–Trinajstić information content (AvgIpc) is 2.88. The van der Waals surface area contributed by atoms with E-state index in [4.69, 9.17) is 4.74 Å². The average molecular weight is 287 g/mol. The van der Waals surface area contributed by atoms with E-state index >= 15 is 0 Å². The molecule has 0 radical (unpaired) electrons. The van der Waals surface area contributed by atoms with E-state index in [1.807, 2.05) is 0 Å². The molecule has 0 aromatic heterocycles. The van der Waals surface area contributed by atoms with Gasteiger partial charge in [-0.1, -0.05) is 20.3 Å². The Bertz CT molecular complexity index is 330. The van der Waals surface area contributed by atoms with Crippen LogP contribution in [0.3, 0.4) is 0 Å². The van der Waals surface area contributed by atoms with Gasteiger partial charge in [-0.05, 0) is 12.8 Å². The number of carbonyl (C=O) groups is 3. The van der Waals surface area contributed by atoms with E-state index in [1.54, 1.807) is 0 Å². The molecule has 0 N–H and O–H groups in total. The summed E-state index contributed by atoms with van der Waals surface area (Å²) >= 11 is 0. The number of amides is 1. The van der Waals surface area contributed by atoms with Crippen molar-refractivity contribution in [2.24, 2.45) is 0 Å². The number of nitrogens with zero attached hydrogens (tertiary/aromatic N) is 1. The van der Waals surface area contributed by atoms with Crippen molar-refractivity contribution in [1.82, 2.24) is 4.90 Å². The van der Waals surface area contributed by atoms with Gasteiger partial charge in [0.2, 0.25) is 5.91 Å². The lowest BCUT2D eigenvalue weighted by atomic mass is 10.2. The fourth-order valence-electron chi connectivity index (χ4n) is 1.82. The molecule has 1 heterocycles. The van der Waals surface area contributed by atoms with Crippen LogP contribution < -0.4 is 0 Å². The standard InChI is InChI=1S/C11H17NO5.C3H8/c1-8(13)12-6-3-4-9(12)11(15)17-7-5-10(14)16-2;1-3-2/h9H,3-7H2,1-2H3;3H2,1-2H3. The van der Waals surface area contributed by atoms with Crippen LogP contribution in [0.15, 0.2) is 0 Å². The summed E-state index contributed by atoms with van der Waals surface area (Å²) in [5, 5.41) is 0. The molecule has 0 aromatic rings. The third-order valence-electron chi connectivity index (χ3n) is 2.71. The van der Waals surface area contributed by atoms with Crippen LogP contribution in [0, 0.1) is 0 Å². The van der Waals surface area contributed by atoms with Crippen molar-refractivity contribution in [3.8, 4) is 0 Å². The van der Waals surface area contributed by atoms with E-state index in [0.717, 1.165) is 6.42 Å². The number of rotatable bonds is 4.